The van der Waals surface area contributed by atoms with Gasteiger partial charge >= 0.3 is 5.97 Å². The second-order valence-electron chi connectivity index (χ2n) is 2.98. The number of esters is 1. The van der Waals surface area contributed by atoms with Crippen LogP contribution in [0.15, 0.2) is 29.1 Å². The highest BCUT2D eigenvalue weighted by atomic mass is 19.1. The molecule has 2 heterocycles. The van der Waals surface area contributed by atoms with Crippen LogP contribution in [0.2, 0.25) is 0 Å². The normalized spacial score (nSPS) is 10.1. The zero-order chi connectivity index (χ0) is 11.5. The Balaban J connectivity index is 2.36. The lowest BCUT2D eigenvalue weighted by Crippen LogP contribution is -2.01. The van der Waals surface area contributed by atoms with E-state index in [1.807, 2.05) is 0 Å². The molecule has 82 valence electrons. The maximum Gasteiger partial charge on any atom is 0.308 e. The molecule has 6 heteroatoms. The lowest BCUT2D eigenvalue weighted by molar-refractivity contribution is -0.131. The van der Waals surface area contributed by atoms with Gasteiger partial charge in [0.1, 0.15) is 5.82 Å². The molecule has 0 saturated carbocycles. The molecule has 0 aromatic carbocycles. The zero-order valence-corrected chi connectivity index (χ0v) is 8.31. The van der Waals surface area contributed by atoms with Crippen molar-refractivity contribution in [2.24, 2.45) is 0 Å². The van der Waals surface area contributed by atoms with Gasteiger partial charge in [-0.1, -0.05) is 5.16 Å². The summed E-state index contributed by atoms with van der Waals surface area (Å²) < 4.78 is 22.2. The van der Waals surface area contributed by atoms with Crippen molar-refractivity contribution in [1.82, 2.24) is 10.1 Å². The largest absolute Gasteiger partial charge is 0.421 e. The summed E-state index contributed by atoms with van der Waals surface area (Å²) in [6.07, 6.45) is 2.23. The van der Waals surface area contributed by atoms with Gasteiger partial charge in [-0.3, -0.25) is 9.78 Å². The predicted molar refractivity (Wildman–Crippen MR) is 51.0 cm³/mol. The molecular formula is C10H7FN2O3. The summed E-state index contributed by atoms with van der Waals surface area (Å²) in [4.78, 5) is 14.6. The molecular weight excluding hydrogens is 215 g/mol. The number of ether oxygens (including phenoxy) is 1. The molecule has 0 unspecified atom stereocenters. The second-order valence-corrected chi connectivity index (χ2v) is 2.98. The molecule has 0 spiro atoms. The van der Waals surface area contributed by atoms with Crippen LogP contribution >= 0.6 is 0 Å². The van der Waals surface area contributed by atoms with Crippen LogP contribution in [0.4, 0.5) is 4.39 Å². The molecule has 16 heavy (non-hydrogen) atoms. The highest BCUT2D eigenvalue weighted by Gasteiger charge is 2.14. The first kappa shape index (κ1) is 10.3. The molecule has 0 aliphatic heterocycles. The molecule has 0 N–H and O–H groups in total. The fraction of sp³-hybridized carbons (Fsp3) is 0.100. The fourth-order valence-corrected chi connectivity index (χ4v) is 1.14. The first-order valence-corrected chi connectivity index (χ1v) is 4.41. The Hall–Kier alpha value is -2.24. The minimum atomic E-state index is -0.494. The lowest BCUT2D eigenvalue weighted by Gasteiger charge is -1.99. The van der Waals surface area contributed by atoms with Gasteiger partial charge in [-0.25, -0.2) is 4.39 Å². The van der Waals surface area contributed by atoms with Gasteiger partial charge in [-0.15, -0.1) is 0 Å². The maximum absolute atomic E-state index is 12.6. The van der Waals surface area contributed by atoms with E-state index in [0.717, 1.165) is 6.20 Å². The molecule has 0 atom stereocenters. The Morgan fingerprint density at radius 3 is 2.94 bits per heavy atom. The summed E-state index contributed by atoms with van der Waals surface area (Å²) >= 11 is 0. The zero-order valence-electron chi connectivity index (χ0n) is 8.31. The van der Waals surface area contributed by atoms with E-state index < -0.39 is 11.8 Å². The smallest absolute Gasteiger partial charge is 0.308 e. The van der Waals surface area contributed by atoms with Crippen LogP contribution in [0.3, 0.4) is 0 Å². The Labute approximate surface area is 89.8 Å². The summed E-state index contributed by atoms with van der Waals surface area (Å²) in [6.45, 7) is 1.26. The Morgan fingerprint density at radius 2 is 2.31 bits per heavy atom. The van der Waals surface area contributed by atoms with Gasteiger partial charge in [0.05, 0.1) is 11.9 Å². The quantitative estimate of drug-likeness (QED) is 0.725. The summed E-state index contributed by atoms with van der Waals surface area (Å²) in [7, 11) is 0. The predicted octanol–water partition coefficient (Wildman–Crippen LogP) is 1.80. The number of rotatable bonds is 2. The van der Waals surface area contributed by atoms with Crippen molar-refractivity contribution in [3.8, 4) is 17.1 Å². The van der Waals surface area contributed by atoms with Gasteiger partial charge in [-0.05, 0) is 12.1 Å². The number of pyridine rings is 1. The second kappa shape index (κ2) is 4.09. The summed E-state index contributed by atoms with van der Waals surface area (Å²) in [5, 5.41) is 3.63. The van der Waals surface area contributed by atoms with Crippen molar-refractivity contribution in [3.63, 3.8) is 0 Å². The van der Waals surface area contributed by atoms with E-state index in [0.29, 0.717) is 5.69 Å². The number of hydrogen-bond acceptors (Lipinski definition) is 5. The molecule has 2 rings (SSSR count). The number of carbonyl (C=O) groups excluding carboxylic acids is 1. The Bertz CT molecular complexity index is 507. The molecule has 0 radical (unpaired) electrons. The van der Waals surface area contributed by atoms with Crippen molar-refractivity contribution in [1.29, 1.82) is 0 Å². The number of aromatic nitrogens is 2. The Kier molecular flexibility index (Phi) is 2.63. The van der Waals surface area contributed by atoms with Gasteiger partial charge < -0.3 is 9.26 Å². The van der Waals surface area contributed by atoms with Gasteiger partial charge in [-0.2, -0.15) is 0 Å². The standard InChI is InChI=1S/C10H7FN2O3/c1-6(14)16-9-5-15-13-10(9)8-3-2-7(11)4-12-8/h2-5H,1H3. The molecule has 2 aromatic heterocycles. The minimum Gasteiger partial charge on any atom is -0.421 e. The van der Waals surface area contributed by atoms with Crippen LogP contribution < -0.4 is 4.74 Å². The van der Waals surface area contributed by atoms with E-state index in [2.05, 4.69) is 14.7 Å². The van der Waals surface area contributed by atoms with Crippen molar-refractivity contribution >= 4 is 5.97 Å². The first-order valence-electron chi connectivity index (χ1n) is 4.41. The van der Waals surface area contributed by atoms with Gasteiger partial charge in [0.15, 0.2) is 17.7 Å². The van der Waals surface area contributed by atoms with Crippen LogP contribution in [0.25, 0.3) is 11.4 Å². The molecule has 0 saturated heterocycles. The minimum absolute atomic E-state index is 0.159. The first-order chi connectivity index (χ1) is 7.66. The molecule has 0 fully saturated rings. The van der Waals surface area contributed by atoms with Crippen LogP contribution in [-0.2, 0) is 4.79 Å². The lowest BCUT2D eigenvalue weighted by atomic mass is 10.2. The van der Waals surface area contributed by atoms with E-state index in [1.54, 1.807) is 0 Å². The van der Waals surface area contributed by atoms with Gasteiger partial charge in [0.2, 0.25) is 0 Å². The average molecular weight is 222 g/mol. The third-order valence-corrected chi connectivity index (χ3v) is 1.76. The number of carbonyl (C=O) groups is 1. The van der Waals surface area contributed by atoms with Gasteiger partial charge in [0, 0.05) is 6.92 Å². The SMILES string of the molecule is CC(=O)Oc1conc1-c1ccc(F)cn1. The fourth-order valence-electron chi connectivity index (χ4n) is 1.14. The Morgan fingerprint density at radius 1 is 1.50 bits per heavy atom. The topological polar surface area (TPSA) is 65.2 Å². The van der Waals surface area contributed by atoms with E-state index in [1.165, 1.54) is 25.3 Å². The summed E-state index contributed by atoms with van der Waals surface area (Å²) in [6, 6.07) is 2.65. The van der Waals surface area contributed by atoms with Crippen molar-refractivity contribution in [3.05, 3.63) is 30.4 Å². The van der Waals surface area contributed by atoms with E-state index in [9.17, 15) is 9.18 Å². The van der Waals surface area contributed by atoms with E-state index in [-0.39, 0.29) is 11.4 Å². The third-order valence-electron chi connectivity index (χ3n) is 1.76. The molecule has 0 aliphatic carbocycles. The van der Waals surface area contributed by atoms with E-state index in [4.69, 9.17) is 4.74 Å². The molecule has 0 aliphatic rings. The highest BCUT2D eigenvalue weighted by Crippen LogP contribution is 2.26. The average Bonchev–Trinajstić information content (AvgIpc) is 2.66. The van der Waals surface area contributed by atoms with Crippen LogP contribution in [0.1, 0.15) is 6.92 Å². The number of halogens is 1. The highest BCUT2D eigenvalue weighted by molar-refractivity contribution is 5.72. The van der Waals surface area contributed by atoms with Crippen molar-refractivity contribution in [2.75, 3.05) is 0 Å². The molecule has 0 bridgehead atoms. The maximum atomic E-state index is 12.6. The van der Waals surface area contributed by atoms with Gasteiger partial charge in [0.25, 0.3) is 0 Å². The number of nitrogens with zero attached hydrogens (tertiary/aromatic N) is 2. The molecule has 0 amide bonds. The molecule has 5 nitrogen and oxygen atoms in total. The molecule has 2 aromatic rings. The number of hydrogen-bond donors (Lipinski definition) is 0. The van der Waals surface area contributed by atoms with Crippen molar-refractivity contribution in [2.45, 2.75) is 6.92 Å². The van der Waals surface area contributed by atoms with Crippen LogP contribution in [-0.4, -0.2) is 16.1 Å². The van der Waals surface area contributed by atoms with E-state index >= 15 is 0 Å². The summed E-state index contributed by atoms with van der Waals surface area (Å²) in [5.41, 5.74) is 0.626. The third kappa shape index (κ3) is 2.05. The monoisotopic (exact) mass is 222 g/mol. The van der Waals surface area contributed by atoms with Crippen LogP contribution in [0.5, 0.6) is 5.75 Å². The van der Waals surface area contributed by atoms with Crippen LogP contribution in [0, 0.1) is 5.82 Å². The summed E-state index contributed by atoms with van der Waals surface area (Å²) in [5.74, 6) is -0.792. The van der Waals surface area contributed by atoms with Crippen molar-refractivity contribution < 1.29 is 18.4 Å².